The van der Waals surface area contributed by atoms with Crippen LogP contribution in [-0.2, 0) is 0 Å². The van der Waals surface area contributed by atoms with E-state index < -0.39 is 0 Å². The SMILES string of the molecule is Nc1ccc2occ(C3CCN4CCCC4C3)c2c1.Nc1ccc2scc(C3=CCN4CCCC4C3)c2c1.Nc1ccc2scc(C3CCN4CCCC4C3)c2c1. The second-order valence-electron chi connectivity index (χ2n) is 17.6. The molecule has 0 spiro atoms. The van der Waals surface area contributed by atoms with Crippen molar-refractivity contribution in [3.05, 3.63) is 94.4 Å². The quantitative estimate of drug-likeness (QED) is 0.153. The standard InChI is InChI=1S/C16H20N2O.C16H20N2S.C16H18N2S/c3*17-12-3-4-16-14(9-12)15(10-19-16)11-5-7-18-6-1-2-13(18)8-11/h2*3-4,9-11,13H,1-2,5-8,17H2;3-5,9-10,13H,1-2,6-8,17H2. The minimum atomic E-state index is 0.641. The highest BCUT2D eigenvalue weighted by Gasteiger charge is 2.35. The fourth-order valence-electron chi connectivity index (χ4n) is 11.2. The molecule has 6 N–H and O–H groups in total. The van der Waals surface area contributed by atoms with Crippen LogP contribution in [0, 0.1) is 0 Å². The second kappa shape index (κ2) is 16.1. The number of nitrogens with zero attached hydrogens (tertiary/aromatic N) is 3. The van der Waals surface area contributed by atoms with Crippen LogP contribution in [0.5, 0.6) is 0 Å². The van der Waals surface area contributed by atoms with Crippen molar-refractivity contribution >= 4 is 76.5 Å². The van der Waals surface area contributed by atoms with Gasteiger partial charge in [-0.2, -0.15) is 0 Å². The van der Waals surface area contributed by atoms with Gasteiger partial charge in [0, 0.05) is 67.5 Å². The highest BCUT2D eigenvalue weighted by Crippen LogP contribution is 2.43. The van der Waals surface area contributed by atoms with Gasteiger partial charge in [-0.25, -0.2) is 0 Å². The molecule has 0 aliphatic carbocycles. The van der Waals surface area contributed by atoms with E-state index in [-0.39, 0.29) is 0 Å². The van der Waals surface area contributed by atoms with Crippen LogP contribution >= 0.6 is 22.7 Å². The third kappa shape index (κ3) is 7.62. The Balaban J connectivity index is 0.000000104. The van der Waals surface area contributed by atoms with Gasteiger partial charge >= 0.3 is 0 Å². The van der Waals surface area contributed by atoms with Crippen molar-refractivity contribution in [2.24, 2.45) is 0 Å². The Morgan fingerprint density at radius 3 is 1.86 bits per heavy atom. The van der Waals surface area contributed by atoms with E-state index in [1.807, 2.05) is 53.2 Å². The first kappa shape index (κ1) is 37.4. The molecular weight excluding hydrogens is 741 g/mol. The maximum atomic E-state index is 5.96. The highest BCUT2D eigenvalue weighted by atomic mass is 32.1. The number of fused-ring (bicyclic) bond motifs is 6. The molecule has 5 atom stereocenters. The van der Waals surface area contributed by atoms with Crippen molar-refractivity contribution in [2.45, 2.75) is 101 Å². The number of thiophene rings is 2. The van der Waals surface area contributed by atoms with Crippen molar-refractivity contribution in [1.29, 1.82) is 0 Å². The maximum absolute atomic E-state index is 5.96. The van der Waals surface area contributed by atoms with E-state index in [0.29, 0.717) is 5.92 Å². The van der Waals surface area contributed by atoms with E-state index in [1.165, 1.54) is 146 Å². The number of hydrogen-bond donors (Lipinski definition) is 3. The maximum Gasteiger partial charge on any atom is 0.134 e. The van der Waals surface area contributed by atoms with Crippen LogP contribution in [0.3, 0.4) is 0 Å². The number of benzene rings is 3. The van der Waals surface area contributed by atoms with Gasteiger partial charge < -0.3 is 31.4 Å². The summed E-state index contributed by atoms with van der Waals surface area (Å²) in [5, 5.41) is 8.64. The molecule has 0 radical (unpaired) electrons. The van der Waals surface area contributed by atoms with E-state index in [1.54, 1.807) is 5.56 Å². The summed E-state index contributed by atoms with van der Waals surface area (Å²) >= 11 is 3.70. The zero-order chi connectivity index (χ0) is 38.5. The third-order valence-corrected chi connectivity index (χ3v) is 16.2. The smallest absolute Gasteiger partial charge is 0.134 e. The van der Waals surface area contributed by atoms with E-state index in [4.69, 9.17) is 21.6 Å². The summed E-state index contributed by atoms with van der Waals surface area (Å²) in [4.78, 5) is 7.97. The topological polar surface area (TPSA) is 101 Å². The van der Waals surface area contributed by atoms with Crippen molar-refractivity contribution in [2.75, 3.05) is 56.5 Å². The Morgan fingerprint density at radius 2 is 1.14 bits per heavy atom. The number of piperidine rings is 2. The first-order chi connectivity index (χ1) is 27.9. The Kier molecular flexibility index (Phi) is 10.5. The largest absolute Gasteiger partial charge is 0.464 e. The van der Waals surface area contributed by atoms with E-state index >= 15 is 0 Å². The molecular formula is C48H58N6OS2. The lowest BCUT2D eigenvalue weighted by Gasteiger charge is -2.34. The lowest BCUT2D eigenvalue weighted by Crippen LogP contribution is -2.37. The fraction of sp³-hybridized carbons (Fsp3) is 0.458. The van der Waals surface area contributed by atoms with Gasteiger partial charge in [-0.15, -0.1) is 22.7 Å². The van der Waals surface area contributed by atoms with Gasteiger partial charge in [-0.05, 0) is 203 Å². The Bertz CT molecular complexity index is 2280. The molecule has 12 rings (SSSR count). The predicted molar refractivity (Wildman–Crippen MR) is 243 cm³/mol. The van der Waals surface area contributed by atoms with Gasteiger partial charge in [0.2, 0.25) is 0 Å². The van der Waals surface area contributed by atoms with E-state index in [0.717, 1.165) is 53.2 Å². The number of hydrogen-bond acceptors (Lipinski definition) is 9. The first-order valence-electron chi connectivity index (χ1n) is 21.6. The lowest BCUT2D eigenvalue weighted by atomic mass is 9.85. The number of rotatable bonds is 3. The summed E-state index contributed by atoms with van der Waals surface area (Å²) in [5.74, 6) is 1.39. The van der Waals surface area contributed by atoms with Crippen LogP contribution in [-0.4, -0.2) is 72.1 Å². The van der Waals surface area contributed by atoms with Gasteiger partial charge in [0.15, 0.2) is 0 Å². The summed E-state index contributed by atoms with van der Waals surface area (Å²) in [6.07, 6.45) is 19.1. The van der Waals surface area contributed by atoms with Crippen LogP contribution in [0.25, 0.3) is 36.7 Å². The lowest BCUT2D eigenvalue weighted by molar-refractivity contribution is 0.181. The Morgan fingerprint density at radius 1 is 0.561 bits per heavy atom. The van der Waals surface area contributed by atoms with Crippen LogP contribution in [0.2, 0.25) is 0 Å². The van der Waals surface area contributed by atoms with E-state index in [9.17, 15) is 0 Å². The molecule has 298 valence electrons. The van der Waals surface area contributed by atoms with Gasteiger partial charge in [-0.1, -0.05) is 6.08 Å². The summed E-state index contributed by atoms with van der Waals surface area (Å²) in [7, 11) is 0. The van der Waals surface area contributed by atoms with Gasteiger partial charge in [0.25, 0.3) is 0 Å². The van der Waals surface area contributed by atoms with Gasteiger partial charge in [0.05, 0.1) is 6.26 Å². The molecule has 0 saturated carbocycles. The van der Waals surface area contributed by atoms with Crippen molar-refractivity contribution in [3.63, 3.8) is 0 Å². The summed E-state index contributed by atoms with van der Waals surface area (Å²) in [5.41, 5.74) is 27.3. The molecule has 0 bridgehead atoms. The molecule has 9 heteroatoms. The highest BCUT2D eigenvalue weighted by molar-refractivity contribution is 7.17. The van der Waals surface area contributed by atoms with Gasteiger partial charge in [-0.3, -0.25) is 4.90 Å². The molecule has 3 aromatic carbocycles. The molecule has 5 fully saturated rings. The zero-order valence-electron chi connectivity index (χ0n) is 33.2. The summed E-state index contributed by atoms with van der Waals surface area (Å²) in [6.45, 7) is 7.57. The zero-order valence-corrected chi connectivity index (χ0v) is 34.8. The summed E-state index contributed by atoms with van der Waals surface area (Å²) in [6, 6.07) is 21.0. The number of furan rings is 1. The van der Waals surface area contributed by atoms with Crippen molar-refractivity contribution < 1.29 is 4.42 Å². The molecule has 5 unspecified atom stereocenters. The molecule has 0 amide bonds. The molecule has 6 aromatic rings. The average Bonchev–Trinajstić information content (AvgIpc) is 4.09. The van der Waals surface area contributed by atoms with Gasteiger partial charge in [0.1, 0.15) is 5.58 Å². The molecule has 6 aliphatic heterocycles. The summed E-state index contributed by atoms with van der Waals surface area (Å²) < 4.78 is 8.43. The number of anilines is 3. The molecule has 7 nitrogen and oxygen atoms in total. The van der Waals surface area contributed by atoms with Crippen LogP contribution in [0.4, 0.5) is 17.1 Å². The molecule has 57 heavy (non-hydrogen) atoms. The van der Waals surface area contributed by atoms with Crippen LogP contribution in [0.15, 0.2) is 82.1 Å². The fourth-order valence-corrected chi connectivity index (χ4v) is 13.2. The minimum absolute atomic E-state index is 0.641. The second-order valence-corrected chi connectivity index (χ2v) is 19.5. The third-order valence-electron chi connectivity index (χ3n) is 14.2. The normalized spacial score (nSPS) is 26.4. The van der Waals surface area contributed by atoms with Crippen LogP contribution in [0.1, 0.15) is 99.2 Å². The number of nitrogen functional groups attached to an aromatic ring is 3. The predicted octanol–water partition coefficient (Wildman–Crippen LogP) is 10.9. The molecule has 6 aliphatic rings. The number of nitrogens with two attached hydrogens (primary N) is 3. The average molecular weight is 799 g/mol. The van der Waals surface area contributed by atoms with Crippen molar-refractivity contribution in [1.82, 2.24) is 14.7 Å². The Hall–Kier alpha value is -3.86. The van der Waals surface area contributed by atoms with E-state index in [2.05, 4.69) is 61.9 Å². The van der Waals surface area contributed by atoms with Crippen LogP contribution < -0.4 is 17.2 Å². The molecule has 9 heterocycles. The molecule has 5 saturated heterocycles. The minimum Gasteiger partial charge on any atom is -0.464 e. The monoisotopic (exact) mass is 798 g/mol. The van der Waals surface area contributed by atoms with Crippen molar-refractivity contribution in [3.8, 4) is 0 Å². The molecule has 3 aromatic heterocycles. The first-order valence-corrected chi connectivity index (χ1v) is 23.4. The Labute approximate surface area is 345 Å².